The van der Waals surface area contributed by atoms with E-state index in [9.17, 15) is 0 Å². The zero-order valence-corrected chi connectivity index (χ0v) is 10.8. The topological polar surface area (TPSA) is 18.5 Å². The molecule has 1 unspecified atom stereocenters. The van der Waals surface area contributed by atoms with Crippen molar-refractivity contribution in [2.24, 2.45) is 0 Å². The molecule has 0 aromatic rings. The van der Waals surface area contributed by atoms with Crippen LogP contribution in [-0.2, 0) is 0 Å². The van der Waals surface area contributed by atoms with Crippen LogP contribution in [-0.4, -0.2) is 61.2 Å². The molecule has 0 amide bonds. The number of hydrogen-bond donors (Lipinski definition) is 1. The van der Waals surface area contributed by atoms with E-state index < -0.39 is 0 Å². The molecule has 1 fully saturated rings. The van der Waals surface area contributed by atoms with Gasteiger partial charge >= 0.3 is 0 Å². The minimum atomic E-state index is 0.680. The van der Waals surface area contributed by atoms with Gasteiger partial charge in [0.05, 0.1) is 0 Å². The first-order valence-electron chi connectivity index (χ1n) is 6.34. The lowest BCUT2D eigenvalue weighted by Crippen LogP contribution is -2.53. The predicted octanol–water partition coefficient (Wildman–Crippen LogP) is 1.01. The Balaban J connectivity index is 2.24. The van der Waals surface area contributed by atoms with Gasteiger partial charge in [-0.1, -0.05) is 6.92 Å². The number of piperazine rings is 1. The summed E-state index contributed by atoms with van der Waals surface area (Å²) in [5.41, 5.74) is 0. The van der Waals surface area contributed by atoms with E-state index in [2.05, 4.69) is 42.8 Å². The maximum absolute atomic E-state index is 3.42. The Labute approximate surface area is 94.8 Å². The van der Waals surface area contributed by atoms with Crippen LogP contribution in [0.25, 0.3) is 0 Å². The largest absolute Gasteiger partial charge is 0.315 e. The third kappa shape index (κ3) is 4.09. The molecule has 1 N–H and O–H groups in total. The van der Waals surface area contributed by atoms with Crippen molar-refractivity contribution in [3.05, 3.63) is 0 Å². The van der Waals surface area contributed by atoms with Crippen LogP contribution < -0.4 is 5.32 Å². The standard InChI is InChI=1S/C12H27N3/c1-5-13-10-12(4)15-8-6-14(7-9-15)11(2)3/h11-13H,5-10H2,1-4H3. The van der Waals surface area contributed by atoms with E-state index in [1.807, 2.05) is 0 Å². The van der Waals surface area contributed by atoms with Gasteiger partial charge in [0.15, 0.2) is 0 Å². The molecule has 1 rings (SSSR count). The summed E-state index contributed by atoms with van der Waals surface area (Å²) in [6.07, 6.45) is 0. The molecule has 1 aliphatic rings. The highest BCUT2D eigenvalue weighted by atomic mass is 15.3. The molecule has 0 radical (unpaired) electrons. The Morgan fingerprint density at radius 3 is 2.00 bits per heavy atom. The SMILES string of the molecule is CCNCC(C)N1CCN(C(C)C)CC1. The first kappa shape index (κ1) is 12.9. The summed E-state index contributed by atoms with van der Waals surface area (Å²) in [6, 6.07) is 1.38. The second-order valence-corrected chi connectivity index (χ2v) is 4.82. The summed E-state index contributed by atoms with van der Waals surface area (Å²) in [4.78, 5) is 5.16. The molecule has 15 heavy (non-hydrogen) atoms. The van der Waals surface area contributed by atoms with Crippen molar-refractivity contribution in [2.45, 2.75) is 39.8 Å². The van der Waals surface area contributed by atoms with Gasteiger partial charge in [-0.05, 0) is 27.3 Å². The number of nitrogens with one attached hydrogen (secondary N) is 1. The Bertz CT molecular complexity index is 162. The fraction of sp³-hybridized carbons (Fsp3) is 1.00. The van der Waals surface area contributed by atoms with E-state index in [0.717, 1.165) is 13.1 Å². The molecule has 0 aliphatic carbocycles. The van der Waals surface area contributed by atoms with Crippen LogP contribution in [0.15, 0.2) is 0 Å². The summed E-state index contributed by atoms with van der Waals surface area (Å²) >= 11 is 0. The minimum absolute atomic E-state index is 0.680. The molecule has 0 aromatic heterocycles. The van der Waals surface area contributed by atoms with Crippen LogP contribution in [0.1, 0.15) is 27.7 Å². The number of likely N-dealkylation sites (N-methyl/N-ethyl adjacent to an activating group) is 1. The van der Waals surface area contributed by atoms with E-state index >= 15 is 0 Å². The minimum Gasteiger partial charge on any atom is -0.315 e. The van der Waals surface area contributed by atoms with E-state index in [1.54, 1.807) is 0 Å². The van der Waals surface area contributed by atoms with Gasteiger partial charge in [0.1, 0.15) is 0 Å². The molecule has 90 valence electrons. The van der Waals surface area contributed by atoms with E-state index in [0.29, 0.717) is 12.1 Å². The van der Waals surface area contributed by atoms with Gasteiger partial charge in [0.25, 0.3) is 0 Å². The van der Waals surface area contributed by atoms with Gasteiger partial charge < -0.3 is 5.32 Å². The highest BCUT2D eigenvalue weighted by molar-refractivity contribution is 4.78. The van der Waals surface area contributed by atoms with E-state index in [4.69, 9.17) is 0 Å². The quantitative estimate of drug-likeness (QED) is 0.735. The second-order valence-electron chi connectivity index (χ2n) is 4.82. The van der Waals surface area contributed by atoms with Gasteiger partial charge in [-0.2, -0.15) is 0 Å². The molecule has 0 saturated carbocycles. The van der Waals surface area contributed by atoms with Gasteiger partial charge in [0, 0.05) is 44.8 Å². The lowest BCUT2D eigenvalue weighted by Gasteiger charge is -2.39. The van der Waals surface area contributed by atoms with Crippen LogP contribution in [0.5, 0.6) is 0 Å². The first-order valence-corrected chi connectivity index (χ1v) is 6.34. The molecular weight excluding hydrogens is 186 g/mol. The third-order valence-electron chi connectivity index (χ3n) is 3.39. The molecule has 3 nitrogen and oxygen atoms in total. The zero-order valence-electron chi connectivity index (χ0n) is 10.8. The van der Waals surface area contributed by atoms with E-state index in [-0.39, 0.29) is 0 Å². The third-order valence-corrected chi connectivity index (χ3v) is 3.39. The molecule has 1 saturated heterocycles. The maximum Gasteiger partial charge on any atom is 0.0193 e. The van der Waals surface area contributed by atoms with Gasteiger partial charge in [-0.3, -0.25) is 9.80 Å². The smallest absolute Gasteiger partial charge is 0.0193 e. The summed E-state index contributed by atoms with van der Waals surface area (Å²) in [5.74, 6) is 0. The molecule has 0 bridgehead atoms. The lowest BCUT2D eigenvalue weighted by molar-refractivity contribution is 0.0833. The van der Waals surface area contributed by atoms with Crippen LogP contribution >= 0.6 is 0 Å². The van der Waals surface area contributed by atoms with Crippen LogP contribution in [0, 0.1) is 0 Å². The van der Waals surface area contributed by atoms with Crippen LogP contribution in [0.2, 0.25) is 0 Å². The lowest BCUT2D eigenvalue weighted by atomic mass is 10.2. The van der Waals surface area contributed by atoms with Gasteiger partial charge in [-0.15, -0.1) is 0 Å². The highest BCUT2D eigenvalue weighted by Gasteiger charge is 2.21. The monoisotopic (exact) mass is 213 g/mol. The maximum atomic E-state index is 3.42. The molecule has 1 heterocycles. The second kappa shape index (κ2) is 6.46. The van der Waals surface area contributed by atoms with Crippen LogP contribution in [0.3, 0.4) is 0 Å². The summed E-state index contributed by atoms with van der Waals surface area (Å²) in [6.45, 7) is 16.2. The number of rotatable bonds is 5. The van der Waals surface area contributed by atoms with Gasteiger partial charge in [-0.25, -0.2) is 0 Å². The summed E-state index contributed by atoms with van der Waals surface area (Å²) < 4.78 is 0. The Kier molecular flexibility index (Phi) is 5.58. The summed E-state index contributed by atoms with van der Waals surface area (Å²) in [7, 11) is 0. The average molecular weight is 213 g/mol. The molecule has 3 heteroatoms. The fourth-order valence-corrected chi connectivity index (χ4v) is 2.18. The van der Waals surface area contributed by atoms with Crippen molar-refractivity contribution < 1.29 is 0 Å². The van der Waals surface area contributed by atoms with E-state index in [1.165, 1.54) is 26.2 Å². The Morgan fingerprint density at radius 1 is 1.00 bits per heavy atom. The molecular formula is C12H27N3. The average Bonchev–Trinajstić information content (AvgIpc) is 2.26. The first-order chi connectivity index (χ1) is 7.15. The highest BCUT2D eigenvalue weighted by Crippen LogP contribution is 2.08. The zero-order chi connectivity index (χ0) is 11.3. The molecule has 0 spiro atoms. The van der Waals surface area contributed by atoms with Crippen molar-refractivity contribution in [3.8, 4) is 0 Å². The predicted molar refractivity (Wildman–Crippen MR) is 66.3 cm³/mol. The van der Waals surface area contributed by atoms with Crippen LogP contribution in [0.4, 0.5) is 0 Å². The normalized spacial score (nSPS) is 22.2. The van der Waals surface area contributed by atoms with Gasteiger partial charge in [0.2, 0.25) is 0 Å². The number of hydrogen-bond acceptors (Lipinski definition) is 3. The molecule has 1 aliphatic heterocycles. The Hall–Kier alpha value is -0.120. The fourth-order valence-electron chi connectivity index (χ4n) is 2.18. The number of nitrogens with zero attached hydrogens (tertiary/aromatic N) is 2. The summed E-state index contributed by atoms with van der Waals surface area (Å²) in [5, 5.41) is 3.42. The van der Waals surface area contributed by atoms with Crippen molar-refractivity contribution in [3.63, 3.8) is 0 Å². The van der Waals surface area contributed by atoms with Crippen molar-refractivity contribution in [1.82, 2.24) is 15.1 Å². The van der Waals surface area contributed by atoms with Crippen molar-refractivity contribution >= 4 is 0 Å². The van der Waals surface area contributed by atoms with Crippen molar-refractivity contribution in [2.75, 3.05) is 39.3 Å². The van der Waals surface area contributed by atoms with Crippen molar-refractivity contribution in [1.29, 1.82) is 0 Å². The Morgan fingerprint density at radius 2 is 1.53 bits per heavy atom. The molecule has 1 atom stereocenters. The molecule has 0 aromatic carbocycles.